The molecule has 2 nitrogen and oxygen atoms in total. The zero-order valence-electron chi connectivity index (χ0n) is 11.5. The Labute approximate surface area is 117 Å². The van der Waals surface area contributed by atoms with E-state index in [-0.39, 0.29) is 11.9 Å². The van der Waals surface area contributed by atoms with Crippen LogP contribution in [-0.4, -0.2) is 11.5 Å². The van der Waals surface area contributed by atoms with Gasteiger partial charge in [-0.1, -0.05) is 13.0 Å². The molecule has 1 unspecified atom stereocenters. The summed E-state index contributed by atoms with van der Waals surface area (Å²) in [4.78, 5) is 5.47. The highest BCUT2D eigenvalue weighted by molar-refractivity contribution is 7.09. The molecule has 0 fully saturated rings. The van der Waals surface area contributed by atoms with Crippen LogP contribution < -0.4 is 5.32 Å². The molecule has 102 valence electrons. The number of hydrogen-bond donors (Lipinski definition) is 1. The van der Waals surface area contributed by atoms with Gasteiger partial charge < -0.3 is 5.32 Å². The van der Waals surface area contributed by atoms with Crippen molar-refractivity contribution in [3.8, 4) is 0 Å². The van der Waals surface area contributed by atoms with Crippen LogP contribution in [0.5, 0.6) is 0 Å². The van der Waals surface area contributed by atoms with Crippen molar-refractivity contribution in [1.29, 1.82) is 0 Å². The summed E-state index contributed by atoms with van der Waals surface area (Å²) in [5.74, 6) is -0.180. The molecule has 0 radical (unpaired) electrons. The van der Waals surface area contributed by atoms with E-state index in [9.17, 15) is 4.39 Å². The molecule has 0 saturated carbocycles. The number of aryl methyl sites for hydroxylation is 2. The molecule has 2 aromatic rings. The van der Waals surface area contributed by atoms with Gasteiger partial charge in [-0.3, -0.25) is 0 Å². The largest absolute Gasteiger partial charge is 0.306 e. The summed E-state index contributed by atoms with van der Waals surface area (Å²) in [5.41, 5.74) is 4.77. The molecule has 0 bridgehead atoms. The van der Waals surface area contributed by atoms with Gasteiger partial charge in [0, 0.05) is 4.88 Å². The fourth-order valence-electron chi connectivity index (χ4n) is 2.17. The maximum absolute atomic E-state index is 13.6. The number of halogens is 1. The lowest BCUT2D eigenvalue weighted by Crippen LogP contribution is -2.23. The van der Waals surface area contributed by atoms with Crippen molar-refractivity contribution in [1.82, 2.24) is 10.3 Å². The molecule has 4 heteroatoms. The van der Waals surface area contributed by atoms with Gasteiger partial charge in [-0.2, -0.15) is 0 Å². The molecule has 0 spiro atoms. The second kappa shape index (κ2) is 6.26. The van der Waals surface area contributed by atoms with Crippen LogP contribution in [0, 0.1) is 19.7 Å². The maximum Gasteiger partial charge on any atom is 0.123 e. The second-order valence-corrected chi connectivity index (χ2v) is 5.64. The number of aromatic nitrogens is 1. The maximum atomic E-state index is 13.6. The van der Waals surface area contributed by atoms with Gasteiger partial charge in [0.05, 0.1) is 17.2 Å². The van der Waals surface area contributed by atoms with Gasteiger partial charge in [0.2, 0.25) is 0 Å². The van der Waals surface area contributed by atoms with Crippen molar-refractivity contribution in [2.24, 2.45) is 0 Å². The quantitative estimate of drug-likeness (QED) is 0.894. The topological polar surface area (TPSA) is 24.9 Å². The van der Waals surface area contributed by atoms with Crippen LogP contribution in [0.1, 0.15) is 41.1 Å². The van der Waals surface area contributed by atoms with Gasteiger partial charge in [0.1, 0.15) is 5.82 Å². The van der Waals surface area contributed by atoms with Crippen LogP contribution in [0.3, 0.4) is 0 Å². The van der Waals surface area contributed by atoms with Crippen LogP contribution in [0.4, 0.5) is 4.39 Å². The normalized spacial score (nSPS) is 12.6. The Kier molecular flexibility index (Phi) is 4.66. The molecule has 0 saturated heterocycles. The minimum Gasteiger partial charge on any atom is -0.306 e. The Morgan fingerprint density at radius 3 is 2.68 bits per heavy atom. The van der Waals surface area contributed by atoms with Crippen molar-refractivity contribution in [2.75, 3.05) is 6.54 Å². The van der Waals surface area contributed by atoms with Crippen LogP contribution in [0.2, 0.25) is 0 Å². The van der Waals surface area contributed by atoms with E-state index in [2.05, 4.69) is 17.2 Å². The first-order valence-corrected chi connectivity index (χ1v) is 7.40. The second-order valence-electron chi connectivity index (χ2n) is 4.75. The van der Waals surface area contributed by atoms with Crippen LogP contribution in [0.25, 0.3) is 0 Å². The number of thiazole rings is 1. The standard InChI is InChI=1S/C15H19FN2S/c1-4-5-17-14(15-11(3)18-9-19-15)12-6-10(2)7-13(16)8-12/h6-9,14,17H,4-5H2,1-3H3. The lowest BCUT2D eigenvalue weighted by atomic mass is 10.0. The predicted octanol–water partition coefficient (Wildman–Crippen LogP) is 3.99. The van der Waals surface area contributed by atoms with Crippen molar-refractivity contribution < 1.29 is 4.39 Å². The first kappa shape index (κ1) is 14.2. The van der Waals surface area contributed by atoms with E-state index in [0.29, 0.717) is 0 Å². The zero-order valence-corrected chi connectivity index (χ0v) is 12.4. The van der Waals surface area contributed by atoms with E-state index >= 15 is 0 Å². The Morgan fingerprint density at radius 1 is 1.32 bits per heavy atom. The molecule has 2 rings (SSSR count). The molecule has 19 heavy (non-hydrogen) atoms. The van der Waals surface area contributed by atoms with E-state index in [1.807, 2.05) is 25.4 Å². The Hall–Kier alpha value is -1.26. The fraction of sp³-hybridized carbons (Fsp3) is 0.400. The molecular weight excluding hydrogens is 259 g/mol. The third-order valence-electron chi connectivity index (χ3n) is 3.04. The zero-order chi connectivity index (χ0) is 13.8. The van der Waals surface area contributed by atoms with Crippen molar-refractivity contribution >= 4 is 11.3 Å². The third-order valence-corrected chi connectivity index (χ3v) is 4.04. The van der Waals surface area contributed by atoms with Gasteiger partial charge in [0.25, 0.3) is 0 Å². The Bertz CT molecular complexity index is 531. The molecule has 0 aliphatic heterocycles. The van der Waals surface area contributed by atoms with Crippen molar-refractivity contribution in [2.45, 2.75) is 33.2 Å². The van der Waals surface area contributed by atoms with Gasteiger partial charge in [-0.15, -0.1) is 11.3 Å². The summed E-state index contributed by atoms with van der Waals surface area (Å²) in [6.45, 7) is 6.94. The van der Waals surface area contributed by atoms with E-state index in [0.717, 1.165) is 29.8 Å². The first-order chi connectivity index (χ1) is 9.11. The van der Waals surface area contributed by atoms with Gasteiger partial charge >= 0.3 is 0 Å². The lowest BCUT2D eigenvalue weighted by Gasteiger charge is -2.19. The summed E-state index contributed by atoms with van der Waals surface area (Å²) >= 11 is 1.62. The monoisotopic (exact) mass is 278 g/mol. The molecule has 1 atom stereocenters. The van der Waals surface area contributed by atoms with E-state index in [1.165, 1.54) is 4.88 Å². The van der Waals surface area contributed by atoms with E-state index in [4.69, 9.17) is 0 Å². The van der Waals surface area contributed by atoms with Crippen LogP contribution in [-0.2, 0) is 0 Å². The highest BCUT2D eigenvalue weighted by Crippen LogP contribution is 2.29. The number of hydrogen-bond acceptors (Lipinski definition) is 3. The predicted molar refractivity (Wildman–Crippen MR) is 78.1 cm³/mol. The molecule has 1 aromatic carbocycles. The molecule has 0 amide bonds. The lowest BCUT2D eigenvalue weighted by molar-refractivity contribution is 0.587. The number of benzene rings is 1. The summed E-state index contributed by atoms with van der Waals surface area (Å²) in [6, 6.07) is 5.23. The first-order valence-electron chi connectivity index (χ1n) is 6.52. The average Bonchev–Trinajstić information content (AvgIpc) is 2.75. The Morgan fingerprint density at radius 2 is 2.11 bits per heavy atom. The number of nitrogens with one attached hydrogen (secondary N) is 1. The third kappa shape index (κ3) is 3.39. The van der Waals surface area contributed by atoms with Crippen molar-refractivity contribution in [3.05, 3.63) is 51.2 Å². The van der Waals surface area contributed by atoms with Crippen molar-refractivity contribution in [3.63, 3.8) is 0 Å². The van der Waals surface area contributed by atoms with Gasteiger partial charge in [-0.25, -0.2) is 9.37 Å². The van der Waals surface area contributed by atoms with E-state index in [1.54, 1.807) is 23.5 Å². The van der Waals surface area contributed by atoms with Crippen LogP contribution in [0.15, 0.2) is 23.7 Å². The van der Waals surface area contributed by atoms with Gasteiger partial charge in [-0.05, 0) is 50.1 Å². The molecule has 0 aliphatic rings. The fourth-order valence-corrected chi connectivity index (χ4v) is 3.07. The molecule has 1 heterocycles. The summed E-state index contributed by atoms with van der Waals surface area (Å²) in [7, 11) is 0. The summed E-state index contributed by atoms with van der Waals surface area (Å²) in [5, 5.41) is 3.49. The molecule has 1 aromatic heterocycles. The molecule has 1 N–H and O–H groups in total. The molecular formula is C15H19FN2S. The molecule has 0 aliphatic carbocycles. The number of rotatable bonds is 5. The Balaban J connectivity index is 2.39. The summed E-state index contributed by atoms with van der Waals surface area (Å²) < 4.78 is 13.6. The minimum absolute atomic E-state index is 0.0295. The average molecular weight is 278 g/mol. The van der Waals surface area contributed by atoms with Crippen LogP contribution >= 0.6 is 11.3 Å². The SMILES string of the molecule is CCCNC(c1cc(C)cc(F)c1)c1scnc1C. The highest BCUT2D eigenvalue weighted by atomic mass is 32.1. The summed E-state index contributed by atoms with van der Waals surface area (Å²) in [6.07, 6.45) is 1.04. The smallest absolute Gasteiger partial charge is 0.123 e. The van der Waals surface area contributed by atoms with E-state index < -0.39 is 0 Å². The number of nitrogens with zero attached hydrogens (tertiary/aromatic N) is 1. The van der Waals surface area contributed by atoms with Gasteiger partial charge in [0.15, 0.2) is 0 Å². The highest BCUT2D eigenvalue weighted by Gasteiger charge is 2.18. The minimum atomic E-state index is -0.180.